The first-order valence-corrected chi connectivity index (χ1v) is 6.82. The van der Waals surface area contributed by atoms with E-state index in [2.05, 4.69) is 10.2 Å². The quantitative estimate of drug-likeness (QED) is 0.573. The highest BCUT2D eigenvalue weighted by molar-refractivity contribution is 5.28. The summed E-state index contributed by atoms with van der Waals surface area (Å²) in [5, 5.41) is 0. The van der Waals surface area contributed by atoms with Crippen molar-refractivity contribution >= 4 is 0 Å². The fraction of sp³-hybridized carbons (Fsp3) is 0.571. The van der Waals surface area contributed by atoms with Gasteiger partial charge in [0.05, 0.1) is 12.1 Å². The zero-order chi connectivity index (χ0) is 15.9. The van der Waals surface area contributed by atoms with E-state index in [0.717, 1.165) is 12.0 Å². The summed E-state index contributed by atoms with van der Waals surface area (Å²) in [4.78, 5) is 0. The minimum absolute atomic E-state index is 0.0499. The molecule has 0 saturated carbocycles. The Morgan fingerprint density at radius 1 is 1.19 bits per heavy atom. The Balaban J connectivity index is 2.68. The van der Waals surface area contributed by atoms with Crippen LogP contribution >= 0.6 is 0 Å². The van der Waals surface area contributed by atoms with Crippen LogP contribution in [0.3, 0.4) is 0 Å². The smallest absolute Gasteiger partial charge is 0.406 e. The molecular formula is C14H21F3N2O2. The molecule has 0 aliphatic heterocycles. The third-order valence-electron chi connectivity index (χ3n) is 3.06. The average Bonchev–Trinajstić information content (AvgIpc) is 2.43. The van der Waals surface area contributed by atoms with Gasteiger partial charge in [0.1, 0.15) is 5.75 Å². The molecule has 0 fully saturated rings. The first-order valence-electron chi connectivity index (χ1n) is 6.82. The van der Waals surface area contributed by atoms with Crippen LogP contribution in [-0.4, -0.2) is 25.1 Å². The molecule has 0 saturated heterocycles. The maximum atomic E-state index is 12.1. The van der Waals surface area contributed by atoms with Gasteiger partial charge in [0.15, 0.2) is 0 Å². The molecule has 7 heteroatoms. The highest BCUT2D eigenvalue weighted by Crippen LogP contribution is 2.23. The summed E-state index contributed by atoms with van der Waals surface area (Å²) in [6.07, 6.45) is -3.38. The van der Waals surface area contributed by atoms with E-state index in [1.165, 1.54) is 12.1 Å². The van der Waals surface area contributed by atoms with Crippen molar-refractivity contribution in [1.29, 1.82) is 0 Å². The molecule has 21 heavy (non-hydrogen) atoms. The van der Waals surface area contributed by atoms with Gasteiger partial charge in [0.25, 0.3) is 0 Å². The molecule has 1 rings (SSSR count). The lowest BCUT2D eigenvalue weighted by Gasteiger charge is -2.25. The highest BCUT2D eigenvalue weighted by Gasteiger charge is 2.31. The van der Waals surface area contributed by atoms with Crippen LogP contribution in [0.15, 0.2) is 24.3 Å². The summed E-state index contributed by atoms with van der Waals surface area (Å²) < 4.78 is 45.7. The average molecular weight is 306 g/mol. The number of hydrogen-bond acceptors (Lipinski definition) is 4. The van der Waals surface area contributed by atoms with E-state index in [1.54, 1.807) is 12.1 Å². The van der Waals surface area contributed by atoms with Crippen LogP contribution in [0.5, 0.6) is 5.75 Å². The van der Waals surface area contributed by atoms with Crippen LogP contribution in [-0.2, 0) is 11.2 Å². The molecule has 0 amide bonds. The molecule has 0 radical (unpaired) electrons. The summed E-state index contributed by atoms with van der Waals surface area (Å²) in [7, 11) is 0. The maximum Gasteiger partial charge on any atom is 0.573 e. The van der Waals surface area contributed by atoms with Crippen molar-refractivity contribution in [2.75, 3.05) is 6.61 Å². The molecule has 0 spiro atoms. The van der Waals surface area contributed by atoms with Gasteiger partial charge < -0.3 is 9.47 Å². The van der Waals surface area contributed by atoms with E-state index in [9.17, 15) is 13.2 Å². The van der Waals surface area contributed by atoms with Crippen LogP contribution in [0.2, 0.25) is 0 Å². The van der Waals surface area contributed by atoms with Crippen molar-refractivity contribution in [2.24, 2.45) is 5.84 Å². The molecular weight excluding hydrogens is 285 g/mol. The number of nitrogens with one attached hydrogen (secondary N) is 1. The van der Waals surface area contributed by atoms with Gasteiger partial charge in [-0.15, -0.1) is 13.2 Å². The first-order chi connectivity index (χ1) is 9.89. The number of nitrogens with two attached hydrogens (primary N) is 1. The SMILES string of the molecule is CCOC(CC)C(Cc1ccc(OC(F)(F)F)cc1)NN. The molecule has 4 nitrogen and oxygen atoms in total. The number of hydrogen-bond donors (Lipinski definition) is 2. The summed E-state index contributed by atoms with van der Waals surface area (Å²) in [6, 6.07) is 5.65. The molecule has 0 aromatic heterocycles. The molecule has 3 N–H and O–H groups in total. The van der Waals surface area contributed by atoms with Gasteiger partial charge in [0.2, 0.25) is 0 Å². The lowest BCUT2D eigenvalue weighted by Crippen LogP contribution is -2.46. The van der Waals surface area contributed by atoms with E-state index >= 15 is 0 Å². The Hall–Kier alpha value is -1.31. The minimum atomic E-state index is -4.68. The number of ether oxygens (including phenoxy) is 2. The van der Waals surface area contributed by atoms with Gasteiger partial charge in [-0.2, -0.15) is 0 Å². The highest BCUT2D eigenvalue weighted by atomic mass is 19.4. The molecule has 0 aliphatic carbocycles. The minimum Gasteiger partial charge on any atom is -0.406 e. The standard InChI is InChI=1S/C14H21F3N2O2/c1-3-13(20-4-2)12(19-18)9-10-5-7-11(8-6-10)21-14(15,16)17/h5-8,12-13,19H,3-4,9,18H2,1-2H3. The molecule has 0 bridgehead atoms. The van der Waals surface area contributed by atoms with Crippen LogP contribution in [0.1, 0.15) is 25.8 Å². The van der Waals surface area contributed by atoms with Gasteiger partial charge in [-0.05, 0) is 37.5 Å². The number of hydrazine groups is 1. The Kier molecular flexibility index (Phi) is 6.94. The number of alkyl halides is 3. The molecule has 2 atom stereocenters. The Bertz CT molecular complexity index is 410. The van der Waals surface area contributed by atoms with Crippen molar-refractivity contribution in [3.05, 3.63) is 29.8 Å². The summed E-state index contributed by atoms with van der Waals surface area (Å²) in [5.41, 5.74) is 3.56. The Labute approximate surface area is 122 Å². The third kappa shape index (κ3) is 6.33. The van der Waals surface area contributed by atoms with Crippen molar-refractivity contribution in [1.82, 2.24) is 5.43 Å². The predicted octanol–water partition coefficient (Wildman–Crippen LogP) is 2.77. The fourth-order valence-electron chi connectivity index (χ4n) is 2.11. The van der Waals surface area contributed by atoms with E-state index in [-0.39, 0.29) is 17.9 Å². The van der Waals surface area contributed by atoms with E-state index in [4.69, 9.17) is 10.6 Å². The molecule has 2 unspecified atom stereocenters. The van der Waals surface area contributed by atoms with E-state index < -0.39 is 6.36 Å². The lowest BCUT2D eigenvalue weighted by atomic mass is 10.00. The third-order valence-corrected chi connectivity index (χ3v) is 3.06. The molecule has 0 heterocycles. The first kappa shape index (κ1) is 17.7. The molecule has 1 aromatic rings. The Morgan fingerprint density at radius 2 is 1.81 bits per heavy atom. The largest absolute Gasteiger partial charge is 0.573 e. The number of rotatable bonds is 8. The van der Waals surface area contributed by atoms with Crippen molar-refractivity contribution < 1.29 is 22.6 Å². The summed E-state index contributed by atoms with van der Waals surface area (Å²) >= 11 is 0. The zero-order valence-electron chi connectivity index (χ0n) is 12.1. The van der Waals surface area contributed by atoms with Crippen LogP contribution < -0.4 is 16.0 Å². The second-order valence-electron chi connectivity index (χ2n) is 4.57. The van der Waals surface area contributed by atoms with E-state index in [1.807, 2.05) is 13.8 Å². The van der Waals surface area contributed by atoms with Crippen LogP contribution in [0.4, 0.5) is 13.2 Å². The second-order valence-corrected chi connectivity index (χ2v) is 4.57. The van der Waals surface area contributed by atoms with Gasteiger partial charge >= 0.3 is 6.36 Å². The molecule has 120 valence electrons. The van der Waals surface area contributed by atoms with Crippen molar-refractivity contribution in [3.63, 3.8) is 0 Å². The van der Waals surface area contributed by atoms with Gasteiger partial charge in [-0.1, -0.05) is 19.1 Å². The monoisotopic (exact) mass is 306 g/mol. The Morgan fingerprint density at radius 3 is 2.24 bits per heavy atom. The van der Waals surface area contributed by atoms with Gasteiger partial charge in [-0.25, -0.2) is 0 Å². The topological polar surface area (TPSA) is 56.5 Å². The summed E-state index contributed by atoms with van der Waals surface area (Å²) in [5.74, 6) is 5.30. The maximum absolute atomic E-state index is 12.1. The summed E-state index contributed by atoms with van der Waals surface area (Å²) in [6.45, 7) is 4.47. The normalized spacial score (nSPS) is 14.8. The zero-order valence-corrected chi connectivity index (χ0v) is 12.1. The van der Waals surface area contributed by atoms with Gasteiger partial charge in [-0.3, -0.25) is 11.3 Å². The molecule has 1 aromatic carbocycles. The van der Waals surface area contributed by atoms with E-state index in [0.29, 0.717) is 13.0 Å². The predicted molar refractivity (Wildman–Crippen MR) is 73.6 cm³/mol. The number of halogens is 3. The van der Waals surface area contributed by atoms with Crippen LogP contribution in [0.25, 0.3) is 0 Å². The van der Waals surface area contributed by atoms with Crippen molar-refractivity contribution in [3.8, 4) is 5.75 Å². The van der Waals surface area contributed by atoms with Crippen molar-refractivity contribution in [2.45, 2.75) is 45.2 Å². The fourth-order valence-corrected chi connectivity index (χ4v) is 2.11. The lowest BCUT2D eigenvalue weighted by molar-refractivity contribution is -0.274. The number of benzene rings is 1. The molecule has 0 aliphatic rings. The second kappa shape index (κ2) is 8.21. The van der Waals surface area contributed by atoms with Crippen LogP contribution in [0, 0.1) is 0 Å². The van der Waals surface area contributed by atoms with Gasteiger partial charge in [0, 0.05) is 6.61 Å².